The topological polar surface area (TPSA) is 121 Å². The van der Waals surface area contributed by atoms with Crippen molar-refractivity contribution in [3.05, 3.63) is 10.6 Å². The molecule has 0 spiro atoms. The zero-order chi connectivity index (χ0) is 16.7. The van der Waals surface area contributed by atoms with Crippen molar-refractivity contribution in [2.75, 3.05) is 6.54 Å². The van der Waals surface area contributed by atoms with E-state index in [0.717, 1.165) is 11.5 Å². The first-order valence-corrected chi connectivity index (χ1v) is 7.74. The molecule has 1 rings (SSSR count). The van der Waals surface area contributed by atoms with Gasteiger partial charge in [0.25, 0.3) is 5.91 Å². The second-order valence-electron chi connectivity index (χ2n) is 5.17. The number of hydrogen-bond acceptors (Lipinski definition) is 6. The van der Waals surface area contributed by atoms with Crippen molar-refractivity contribution in [1.82, 2.24) is 20.2 Å². The summed E-state index contributed by atoms with van der Waals surface area (Å²) < 4.78 is 3.70. The van der Waals surface area contributed by atoms with Gasteiger partial charge in [-0.25, -0.2) is 4.79 Å². The highest BCUT2D eigenvalue weighted by Gasteiger charge is 2.22. The summed E-state index contributed by atoms with van der Waals surface area (Å²) in [5, 5.41) is 17.7. The largest absolute Gasteiger partial charge is 0.480 e. The van der Waals surface area contributed by atoms with Crippen LogP contribution in [0.5, 0.6) is 0 Å². The van der Waals surface area contributed by atoms with Crippen molar-refractivity contribution < 1.29 is 19.5 Å². The summed E-state index contributed by atoms with van der Waals surface area (Å²) in [7, 11) is 0. The molecule has 22 heavy (non-hydrogen) atoms. The van der Waals surface area contributed by atoms with Crippen LogP contribution in [-0.2, 0) is 16.0 Å². The Balaban J connectivity index is 2.51. The molecule has 0 aliphatic carbocycles. The Bertz CT molecular complexity index is 544. The van der Waals surface area contributed by atoms with Crippen LogP contribution >= 0.6 is 11.5 Å². The second kappa shape index (κ2) is 8.42. The van der Waals surface area contributed by atoms with E-state index >= 15 is 0 Å². The Morgan fingerprint density at radius 2 is 2.00 bits per heavy atom. The molecule has 1 aromatic heterocycles. The predicted octanol–water partition coefficient (Wildman–Crippen LogP) is 0.446. The van der Waals surface area contributed by atoms with E-state index in [2.05, 4.69) is 20.2 Å². The average Bonchev–Trinajstić information content (AvgIpc) is 2.91. The normalized spacial score (nSPS) is 12.0. The number of aromatic nitrogens is 2. The SMILES string of the molecule is CCc1nnsc1C(=O)NCC(=O)N[C@@H](CC(C)C)C(=O)O. The molecule has 1 heterocycles. The molecule has 2 amide bonds. The number of carbonyl (C=O) groups is 3. The molecule has 9 heteroatoms. The van der Waals surface area contributed by atoms with E-state index in [1.165, 1.54) is 0 Å². The monoisotopic (exact) mass is 328 g/mol. The van der Waals surface area contributed by atoms with E-state index in [4.69, 9.17) is 5.11 Å². The number of carboxylic acid groups (broad SMARTS) is 1. The lowest BCUT2D eigenvalue weighted by Crippen LogP contribution is -2.46. The number of aryl methyl sites for hydroxylation is 1. The smallest absolute Gasteiger partial charge is 0.326 e. The van der Waals surface area contributed by atoms with Crippen LogP contribution < -0.4 is 10.6 Å². The van der Waals surface area contributed by atoms with Gasteiger partial charge >= 0.3 is 5.97 Å². The zero-order valence-corrected chi connectivity index (χ0v) is 13.6. The van der Waals surface area contributed by atoms with E-state index in [0.29, 0.717) is 23.4 Å². The van der Waals surface area contributed by atoms with Gasteiger partial charge in [-0.1, -0.05) is 25.3 Å². The summed E-state index contributed by atoms with van der Waals surface area (Å²) in [6, 6.07) is -0.958. The number of amides is 2. The number of carboxylic acids is 1. The van der Waals surface area contributed by atoms with E-state index in [9.17, 15) is 14.4 Å². The number of nitrogens with one attached hydrogen (secondary N) is 2. The van der Waals surface area contributed by atoms with Crippen molar-refractivity contribution in [2.24, 2.45) is 5.92 Å². The van der Waals surface area contributed by atoms with Gasteiger partial charge in [0.05, 0.1) is 12.2 Å². The van der Waals surface area contributed by atoms with Crippen molar-refractivity contribution in [3.63, 3.8) is 0 Å². The Kier molecular flexibility index (Phi) is 6.90. The number of rotatable bonds is 8. The molecule has 122 valence electrons. The maximum absolute atomic E-state index is 11.9. The van der Waals surface area contributed by atoms with E-state index in [-0.39, 0.29) is 12.5 Å². The van der Waals surface area contributed by atoms with Gasteiger partial charge in [-0.2, -0.15) is 0 Å². The van der Waals surface area contributed by atoms with Gasteiger partial charge in [-0.15, -0.1) is 5.10 Å². The average molecular weight is 328 g/mol. The fourth-order valence-electron chi connectivity index (χ4n) is 1.79. The summed E-state index contributed by atoms with van der Waals surface area (Å²) in [4.78, 5) is 35.1. The van der Waals surface area contributed by atoms with Gasteiger partial charge in [-0.3, -0.25) is 9.59 Å². The van der Waals surface area contributed by atoms with Gasteiger partial charge in [0.15, 0.2) is 0 Å². The standard InChI is InChI=1S/C13H20N4O4S/c1-4-8-11(22-17-16-8)12(19)14-6-10(18)15-9(13(20)21)5-7(2)3/h7,9H,4-6H2,1-3H3,(H,14,19)(H,15,18)(H,20,21)/t9-/m0/s1. The predicted molar refractivity (Wildman–Crippen MR) is 80.6 cm³/mol. The Morgan fingerprint density at radius 1 is 1.32 bits per heavy atom. The first-order chi connectivity index (χ1) is 10.3. The van der Waals surface area contributed by atoms with Crippen LogP contribution in [0.1, 0.15) is 42.6 Å². The van der Waals surface area contributed by atoms with Crippen LogP contribution in [0.15, 0.2) is 0 Å². The molecule has 1 aromatic rings. The molecule has 0 aromatic carbocycles. The van der Waals surface area contributed by atoms with Crippen molar-refractivity contribution in [2.45, 2.75) is 39.7 Å². The van der Waals surface area contributed by atoms with Crippen LogP contribution in [0.2, 0.25) is 0 Å². The lowest BCUT2D eigenvalue weighted by molar-refractivity contribution is -0.142. The first-order valence-electron chi connectivity index (χ1n) is 6.96. The van der Waals surface area contributed by atoms with Gasteiger partial charge < -0.3 is 15.7 Å². The minimum absolute atomic E-state index is 0.131. The highest BCUT2D eigenvalue weighted by molar-refractivity contribution is 7.08. The van der Waals surface area contributed by atoms with Crippen LogP contribution in [-0.4, -0.2) is 45.1 Å². The Morgan fingerprint density at radius 3 is 2.55 bits per heavy atom. The molecule has 0 saturated carbocycles. The van der Waals surface area contributed by atoms with Crippen LogP contribution in [0.25, 0.3) is 0 Å². The van der Waals surface area contributed by atoms with Crippen molar-refractivity contribution in [1.29, 1.82) is 0 Å². The van der Waals surface area contributed by atoms with E-state index < -0.39 is 23.8 Å². The third-order valence-electron chi connectivity index (χ3n) is 2.85. The third-order valence-corrected chi connectivity index (χ3v) is 3.61. The Hall–Kier alpha value is -2.03. The molecule has 8 nitrogen and oxygen atoms in total. The molecule has 0 radical (unpaired) electrons. The van der Waals surface area contributed by atoms with Gasteiger partial charge in [0, 0.05) is 0 Å². The lowest BCUT2D eigenvalue weighted by Gasteiger charge is -2.16. The number of carbonyl (C=O) groups excluding carboxylic acids is 2. The lowest BCUT2D eigenvalue weighted by atomic mass is 10.0. The number of aliphatic carboxylic acids is 1. The maximum Gasteiger partial charge on any atom is 0.326 e. The maximum atomic E-state index is 11.9. The molecular weight excluding hydrogens is 308 g/mol. The molecule has 1 atom stereocenters. The summed E-state index contributed by atoms with van der Waals surface area (Å²) in [5.41, 5.74) is 0.575. The molecule has 0 aliphatic heterocycles. The molecule has 0 aliphatic rings. The summed E-state index contributed by atoms with van der Waals surface area (Å²) in [5.74, 6) is -1.94. The molecule has 0 bridgehead atoms. The molecule has 3 N–H and O–H groups in total. The van der Waals surface area contributed by atoms with Gasteiger partial charge in [0.1, 0.15) is 10.9 Å². The van der Waals surface area contributed by atoms with Crippen molar-refractivity contribution in [3.8, 4) is 0 Å². The first kappa shape index (κ1) is 18.0. The second-order valence-corrected chi connectivity index (χ2v) is 5.93. The fourth-order valence-corrected chi connectivity index (χ4v) is 2.46. The minimum Gasteiger partial charge on any atom is -0.480 e. The van der Waals surface area contributed by atoms with Crippen molar-refractivity contribution >= 4 is 29.3 Å². The van der Waals surface area contributed by atoms with E-state index in [1.54, 1.807) is 0 Å². The Labute approximate surface area is 132 Å². The number of nitrogens with zero attached hydrogens (tertiary/aromatic N) is 2. The number of hydrogen-bond donors (Lipinski definition) is 3. The third kappa shape index (κ3) is 5.40. The summed E-state index contributed by atoms with van der Waals surface area (Å²) >= 11 is 0.962. The van der Waals surface area contributed by atoms with Crippen LogP contribution in [0.3, 0.4) is 0 Å². The highest BCUT2D eigenvalue weighted by atomic mass is 32.1. The zero-order valence-electron chi connectivity index (χ0n) is 12.8. The summed E-state index contributed by atoms with van der Waals surface area (Å²) in [6.07, 6.45) is 0.898. The molecular formula is C13H20N4O4S. The summed E-state index contributed by atoms with van der Waals surface area (Å²) in [6.45, 7) is 5.30. The molecule has 0 unspecified atom stereocenters. The molecule has 0 fully saturated rings. The minimum atomic E-state index is -1.09. The van der Waals surface area contributed by atoms with E-state index in [1.807, 2.05) is 20.8 Å². The van der Waals surface area contributed by atoms with Gasteiger partial charge in [-0.05, 0) is 30.3 Å². The highest BCUT2D eigenvalue weighted by Crippen LogP contribution is 2.10. The van der Waals surface area contributed by atoms with Gasteiger partial charge in [0.2, 0.25) is 5.91 Å². The van der Waals surface area contributed by atoms with Crippen LogP contribution in [0, 0.1) is 5.92 Å². The fraction of sp³-hybridized carbons (Fsp3) is 0.615. The quantitative estimate of drug-likeness (QED) is 0.637. The van der Waals surface area contributed by atoms with Crippen LogP contribution in [0.4, 0.5) is 0 Å². The molecule has 0 saturated heterocycles.